The fraction of sp³-hybridized carbons (Fsp3) is 0.353. The lowest BCUT2D eigenvalue weighted by Crippen LogP contribution is -2.44. The van der Waals surface area contributed by atoms with Crippen molar-refractivity contribution in [2.24, 2.45) is 5.73 Å². The van der Waals surface area contributed by atoms with E-state index in [4.69, 9.17) is 10.3 Å². The smallest absolute Gasteiger partial charge is 0.232 e. The Labute approximate surface area is 150 Å². The van der Waals surface area contributed by atoms with Crippen molar-refractivity contribution in [2.75, 3.05) is 0 Å². The molecule has 0 spiro atoms. The highest BCUT2D eigenvalue weighted by Crippen LogP contribution is 2.37. The van der Waals surface area contributed by atoms with Gasteiger partial charge in [-0.15, -0.1) is 23.7 Å². The van der Waals surface area contributed by atoms with Gasteiger partial charge < -0.3 is 10.3 Å². The van der Waals surface area contributed by atoms with E-state index in [1.807, 2.05) is 5.38 Å². The van der Waals surface area contributed by atoms with Gasteiger partial charge in [0, 0.05) is 10.9 Å². The molecular weight excluding hydrogens is 344 g/mol. The van der Waals surface area contributed by atoms with Crippen LogP contribution >= 0.6 is 23.7 Å². The third-order valence-electron chi connectivity index (χ3n) is 4.34. The Kier molecular flexibility index (Phi) is 4.71. The van der Waals surface area contributed by atoms with Gasteiger partial charge in [0.15, 0.2) is 5.82 Å². The van der Waals surface area contributed by atoms with E-state index >= 15 is 0 Å². The zero-order valence-corrected chi connectivity index (χ0v) is 15.0. The van der Waals surface area contributed by atoms with Crippen molar-refractivity contribution in [3.63, 3.8) is 0 Å². The SMILES string of the molecule is Cc1ccc(-c2nc(Cc3nc(C4(N)CCC4)no3)cs2)cc1.Cl. The number of aryl methyl sites for hydroxylation is 1. The van der Waals surface area contributed by atoms with Crippen LogP contribution in [0.25, 0.3) is 10.6 Å². The first-order chi connectivity index (χ1) is 11.1. The van der Waals surface area contributed by atoms with Crippen LogP contribution in [0.2, 0.25) is 0 Å². The lowest BCUT2D eigenvalue weighted by atomic mass is 9.77. The quantitative estimate of drug-likeness (QED) is 0.762. The van der Waals surface area contributed by atoms with Crippen LogP contribution in [-0.4, -0.2) is 15.1 Å². The third kappa shape index (κ3) is 3.22. The Hall–Kier alpha value is -1.76. The summed E-state index contributed by atoms with van der Waals surface area (Å²) < 4.78 is 5.34. The Morgan fingerprint density at radius 1 is 1.21 bits per heavy atom. The number of aromatic nitrogens is 3. The maximum Gasteiger partial charge on any atom is 0.232 e. The van der Waals surface area contributed by atoms with Crippen molar-refractivity contribution in [2.45, 2.75) is 38.1 Å². The van der Waals surface area contributed by atoms with Crippen molar-refractivity contribution in [3.05, 3.63) is 52.6 Å². The summed E-state index contributed by atoms with van der Waals surface area (Å²) in [6.45, 7) is 2.08. The predicted octanol–water partition coefficient (Wildman–Crippen LogP) is 3.85. The molecule has 1 fully saturated rings. The monoisotopic (exact) mass is 362 g/mol. The summed E-state index contributed by atoms with van der Waals surface area (Å²) in [6.07, 6.45) is 3.54. The summed E-state index contributed by atoms with van der Waals surface area (Å²) >= 11 is 1.63. The lowest BCUT2D eigenvalue weighted by molar-refractivity contribution is 0.229. The molecule has 7 heteroatoms. The molecule has 24 heavy (non-hydrogen) atoms. The number of rotatable bonds is 4. The molecule has 126 valence electrons. The largest absolute Gasteiger partial charge is 0.339 e. The minimum absolute atomic E-state index is 0. The van der Waals surface area contributed by atoms with Gasteiger partial charge in [-0.1, -0.05) is 35.0 Å². The molecule has 0 atom stereocenters. The molecule has 1 saturated carbocycles. The topological polar surface area (TPSA) is 77.8 Å². The number of hydrogen-bond donors (Lipinski definition) is 1. The molecule has 0 radical (unpaired) electrons. The van der Waals surface area contributed by atoms with E-state index < -0.39 is 0 Å². The zero-order valence-electron chi connectivity index (χ0n) is 13.4. The molecule has 0 saturated heterocycles. The molecule has 1 aromatic carbocycles. The van der Waals surface area contributed by atoms with Gasteiger partial charge in [-0.2, -0.15) is 4.98 Å². The first-order valence-corrected chi connectivity index (χ1v) is 8.64. The molecule has 0 bridgehead atoms. The minimum Gasteiger partial charge on any atom is -0.339 e. The van der Waals surface area contributed by atoms with E-state index in [1.54, 1.807) is 11.3 Å². The van der Waals surface area contributed by atoms with Crippen molar-refractivity contribution in [1.82, 2.24) is 15.1 Å². The van der Waals surface area contributed by atoms with E-state index in [1.165, 1.54) is 5.56 Å². The van der Waals surface area contributed by atoms with Gasteiger partial charge in [0.25, 0.3) is 0 Å². The van der Waals surface area contributed by atoms with Crippen molar-refractivity contribution in [3.8, 4) is 10.6 Å². The van der Waals surface area contributed by atoms with Crippen LogP contribution in [0.4, 0.5) is 0 Å². The van der Waals surface area contributed by atoms with Gasteiger partial charge in [0.05, 0.1) is 17.7 Å². The summed E-state index contributed by atoms with van der Waals surface area (Å²) in [5, 5.41) is 7.10. The van der Waals surface area contributed by atoms with E-state index in [2.05, 4.69) is 46.3 Å². The molecule has 1 aliphatic carbocycles. The lowest BCUT2D eigenvalue weighted by Gasteiger charge is -2.34. The van der Waals surface area contributed by atoms with Gasteiger partial charge in [-0.25, -0.2) is 4.98 Å². The third-order valence-corrected chi connectivity index (χ3v) is 5.28. The first kappa shape index (κ1) is 17.1. The molecule has 2 aromatic heterocycles. The van der Waals surface area contributed by atoms with Crippen LogP contribution in [0.3, 0.4) is 0 Å². The second kappa shape index (κ2) is 6.63. The van der Waals surface area contributed by atoms with Crippen LogP contribution in [0.15, 0.2) is 34.2 Å². The number of benzene rings is 1. The Morgan fingerprint density at radius 2 is 1.96 bits per heavy atom. The van der Waals surface area contributed by atoms with Gasteiger partial charge >= 0.3 is 0 Å². The van der Waals surface area contributed by atoms with Gasteiger partial charge in [0.1, 0.15) is 5.01 Å². The average Bonchev–Trinajstić information content (AvgIpc) is 3.16. The highest BCUT2D eigenvalue weighted by atomic mass is 35.5. The van der Waals surface area contributed by atoms with E-state index in [9.17, 15) is 0 Å². The van der Waals surface area contributed by atoms with Crippen LogP contribution in [0, 0.1) is 6.92 Å². The standard InChI is InChI=1S/C17H18N4OS.ClH/c1-11-3-5-12(6-4-11)15-19-13(10-23-15)9-14-20-16(21-22-14)17(18)7-2-8-17;/h3-6,10H,2,7-9,18H2,1H3;1H. The Morgan fingerprint density at radius 3 is 2.62 bits per heavy atom. The van der Waals surface area contributed by atoms with Crippen molar-refractivity contribution >= 4 is 23.7 Å². The van der Waals surface area contributed by atoms with Crippen LogP contribution in [-0.2, 0) is 12.0 Å². The number of halogens is 1. The Bertz CT molecular complexity index is 823. The Balaban J connectivity index is 0.00000169. The summed E-state index contributed by atoms with van der Waals surface area (Å²) in [5.74, 6) is 1.21. The van der Waals surface area contributed by atoms with Crippen molar-refractivity contribution < 1.29 is 4.52 Å². The maximum absolute atomic E-state index is 6.22. The molecule has 3 aromatic rings. The van der Waals surface area contributed by atoms with E-state index in [-0.39, 0.29) is 17.9 Å². The second-order valence-corrected chi connectivity index (χ2v) is 7.07. The molecule has 0 aliphatic heterocycles. The number of nitrogens with zero attached hydrogens (tertiary/aromatic N) is 3. The molecule has 5 nitrogen and oxygen atoms in total. The van der Waals surface area contributed by atoms with Crippen LogP contribution in [0.1, 0.15) is 42.2 Å². The predicted molar refractivity (Wildman–Crippen MR) is 96.4 cm³/mol. The first-order valence-electron chi connectivity index (χ1n) is 7.76. The van der Waals surface area contributed by atoms with Crippen LogP contribution in [0.5, 0.6) is 0 Å². The number of thiazole rings is 1. The molecule has 4 rings (SSSR count). The van der Waals surface area contributed by atoms with E-state index in [0.717, 1.165) is 35.5 Å². The van der Waals surface area contributed by atoms with Gasteiger partial charge in [-0.3, -0.25) is 0 Å². The maximum atomic E-state index is 6.22. The number of hydrogen-bond acceptors (Lipinski definition) is 6. The van der Waals surface area contributed by atoms with Crippen molar-refractivity contribution in [1.29, 1.82) is 0 Å². The molecule has 0 amide bonds. The minimum atomic E-state index is -0.378. The van der Waals surface area contributed by atoms with E-state index in [0.29, 0.717) is 18.1 Å². The molecule has 2 N–H and O–H groups in total. The molecule has 2 heterocycles. The zero-order chi connectivity index (χ0) is 15.9. The normalized spacial score (nSPS) is 15.6. The summed E-state index contributed by atoms with van der Waals surface area (Å²) in [4.78, 5) is 9.13. The summed E-state index contributed by atoms with van der Waals surface area (Å²) in [5.41, 5.74) is 9.17. The summed E-state index contributed by atoms with van der Waals surface area (Å²) in [7, 11) is 0. The van der Waals surface area contributed by atoms with Crippen LogP contribution < -0.4 is 5.73 Å². The van der Waals surface area contributed by atoms with Gasteiger partial charge in [-0.05, 0) is 26.2 Å². The second-order valence-electron chi connectivity index (χ2n) is 6.21. The average molecular weight is 363 g/mol. The molecular formula is C17H19ClN4OS. The fourth-order valence-electron chi connectivity index (χ4n) is 2.68. The fourth-order valence-corrected chi connectivity index (χ4v) is 3.51. The van der Waals surface area contributed by atoms with Gasteiger partial charge in [0.2, 0.25) is 5.89 Å². The number of nitrogens with two attached hydrogens (primary N) is 1. The molecule has 1 aliphatic rings. The highest BCUT2D eigenvalue weighted by Gasteiger charge is 2.38. The summed E-state index contributed by atoms with van der Waals surface area (Å²) in [6, 6.07) is 8.38. The molecule has 0 unspecified atom stereocenters. The highest BCUT2D eigenvalue weighted by molar-refractivity contribution is 7.13.